The second-order valence-corrected chi connectivity index (χ2v) is 8.23. The summed E-state index contributed by atoms with van der Waals surface area (Å²) in [6.07, 6.45) is 1.58. The Morgan fingerprint density at radius 3 is 2.62 bits per heavy atom. The maximum absolute atomic E-state index is 14.0. The lowest BCUT2D eigenvalue weighted by atomic mass is 10.1. The van der Waals surface area contributed by atoms with Crippen LogP contribution >= 0.6 is 22.6 Å². The highest BCUT2D eigenvalue weighted by Gasteiger charge is 2.26. The molecule has 3 aromatic rings. The Bertz CT molecular complexity index is 1250. The molecule has 5 nitrogen and oxygen atoms in total. The number of ether oxygens (including phenoxy) is 3. The van der Waals surface area contributed by atoms with Crippen LogP contribution in [0.3, 0.4) is 0 Å². The fourth-order valence-electron chi connectivity index (χ4n) is 3.20. The van der Waals surface area contributed by atoms with Gasteiger partial charge in [-0.3, -0.25) is 0 Å². The van der Waals surface area contributed by atoms with Gasteiger partial charge in [-0.2, -0.15) is 0 Å². The molecule has 1 aliphatic heterocycles. The van der Waals surface area contributed by atoms with Crippen LogP contribution in [0.4, 0.5) is 4.39 Å². The number of nitrogens with zero attached hydrogens (tertiary/aromatic N) is 1. The molecule has 1 heterocycles. The van der Waals surface area contributed by atoms with Crippen molar-refractivity contribution in [3.8, 4) is 11.5 Å². The molecule has 0 unspecified atom stereocenters. The monoisotopic (exact) mass is 543 g/mol. The third kappa shape index (κ3) is 4.67. The zero-order valence-corrected chi connectivity index (χ0v) is 19.6. The Morgan fingerprint density at radius 2 is 1.88 bits per heavy atom. The molecular formula is C25H19FINO4. The summed E-state index contributed by atoms with van der Waals surface area (Å²) in [7, 11) is 1.56. The van der Waals surface area contributed by atoms with Crippen LogP contribution in [0, 0.1) is 16.3 Å². The number of cyclic esters (lactones) is 1. The van der Waals surface area contributed by atoms with E-state index in [4.69, 9.17) is 14.2 Å². The second kappa shape index (κ2) is 9.52. The summed E-state index contributed by atoms with van der Waals surface area (Å²) in [5, 5.41) is 0. The van der Waals surface area contributed by atoms with Gasteiger partial charge in [0, 0.05) is 0 Å². The van der Waals surface area contributed by atoms with Crippen LogP contribution < -0.4 is 9.47 Å². The number of hydrogen-bond acceptors (Lipinski definition) is 5. The van der Waals surface area contributed by atoms with Crippen molar-refractivity contribution in [2.45, 2.75) is 13.5 Å². The fourth-order valence-corrected chi connectivity index (χ4v) is 3.98. The number of carbonyl (C=O) groups is 1. The number of aryl methyl sites for hydroxylation is 1. The molecule has 32 heavy (non-hydrogen) atoms. The van der Waals surface area contributed by atoms with E-state index in [9.17, 15) is 9.18 Å². The lowest BCUT2D eigenvalue weighted by molar-refractivity contribution is -0.129. The van der Waals surface area contributed by atoms with Gasteiger partial charge in [0.25, 0.3) is 0 Å². The molecule has 4 rings (SSSR count). The molecule has 0 aromatic heterocycles. The number of esters is 1. The first-order valence-electron chi connectivity index (χ1n) is 9.78. The van der Waals surface area contributed by atoms with Crippen LogP contribution in [-0.4, -0.2) is 19.0 Å². The van der Waals surface area contributed by atoms with E-state index in [1.54, 1.807) is 31.4 Å². The number of aliphatic imine (C=N–C) groups is 1. The maximum atomic E-state index is 14.0. The summed E-state index contributed by atoms with van der Waals surface area (Å²) in [5.41, 5.74) is 3.12. The Balaban J connectivity index is 1.61. The summed E-state index contributed by atoms with van der Waals surface area (Å²) in [4.78, 5) is 16.5. The van der Waals surface area contributed by atoms with Gasteiger partial charge in [-0.1, -0.05) is 36.4 Å². The van der Waals surface area contributed by atoms with Gasteiger partial charge in [0.05, 0.1) is 16.2 Å². The highest BCUT2D eigenvalue weighted by atomic mass is 127. The van der Waals surface area contributed by atoms with Crippen LogP contribution in [0.1, 0.15) is 22.3 Å². The van der Waals surface area contributed by atoms with Gasteiger partial charge in [-0.15, -0.1) is 0 Å². The molecular weight excluding hydrogens is 524 g/mol. The number of halogens is 2. The van der Waals surface area contributed by atoms with E-state index in [0.29, 0.717) is 23.7 Å². The summed E-state index contributed by atoms with van der Waals surface area (Å²) in [6.45, 7) is 2.44. The predicted molar refractivity (Wildman–Crippen MR) is 128 cm³/mol. The van der Waals surface area contributed by atoms with Crippen molar-refractivity contribution in [1.82, 2.24) is 0 Å². The van der Waals surface area contributed by atoms with Gasteiger partial charge in [-0.05, 0) is 76.5 Å². The van der Waals surface area contributed by atoms with E-state index in [1.807, 2.05) is 37.3 Å². The molecule has 0 atom stereocenters. The maximum Gasteiger partial charge on any atom is 0.363 e. The van der Waals surface area contributed by atoms with Gasteiger partial charge < -0.3 is 14.2 Å². The summed E-state index contributed by atoms with van der Waals surface area (Å²) >= 11 is 2.16. The van der Waals surface area contributed by atoms with E-state index < -0.39 is 11.8 Å². The molecule has 0 N–H and O–H groups in total. The third-order valence-corrected chi connectivity index (χ3v) is 5.71. The molecule has 0 saturated carbocycles. The lowest BCUT2D eigenvalue weighted by Gasteiger charge is -2.14. The number of benzene rings is 3. The number of hydrogen-bond donors (Lipinski definition) is 0. The van der Waals surface area contributed by atoms with Crippen molar-refractivity contribution in [2.75, 3.05) is 7.11 Å². The quantitative estimate of drug-likeness (QED) is 0.229. The molecule has 162 valence electrons. The Hall–Kier alpha value is -3.20. The van der Waals surface area contributed by atoms with E-state index in [2.05, 4.69) is 27.6 Å². The van der Waals surface area contributed by atoms with Crippen molar-refractivity contribution in [3.63, 3.8) is 0 Å². The second-order valence-electron chi connectivity index (χ2n) is 7.07. The zero-order valence-electron chi connectivity index (χ0n) is 17.4. The summed E-state index contributed by atoms with van der Waals surface area (Å²) in [5.74, 6) is -0.0620. The minimum atomic E-state index is -0.642. The molecule has 0 bridgehead atoms. The van der Waals surface area contributed by atoms with E-state index in [0.717, 1.165) is 14.7 Å². The first kappa shape index (κ1) is 22.0. The number of rotatable bonds is 6. The lowest BCUT2D eigenvalue weighted by Crippen LogP contribution is -2.07. The van der Waals surface area contributed by atoms with Crippen molar-refractivity contribution in [2.24, 2.45) is 4.99 Å². The summed E-state index contributed by atoms with van der Waals surface area (Å²) < 4.78 is 31.6. The van der Waals surface area contributed by atoms with Crippen LogP contribution in [0.25, 0.3) is 6.08 Å². The van der Waals surface area contributed by atoms with Crippen LogP contribution in [-0.2, 0) is 16.1 Å². The number of carbonyl (C=O) groups excluding carboxylic acids is 1. The Morgan fingerprint density at radius 1 is 1.12 bits per heavy atom. The Labute approximate surface area is 198 Å². The van der Waals surface area contributed by atoms with Gasteiger partial charge in [0.15, 0.2) is 17.2 Å². The van der Waals surface area contributed by atoms with Crippen LogP contribution in [0.5, 0.6) is 11.5 Å². The zero-order chi connectivity index (χ0) is 22.7. The highest BCUT2D eigenvalue weighted by Crippen LogP contribution is 2.35. The molecule has 0 fully saturated rings. The average molecular weight is 543 g/mol. The molecule has 0 aliphatic carbocycles. The smallest absolute Gasteiger partial charge is 0.363 e. The molecule has 7 heteroatoms. The normalized spacial score (nSPS) is 14.3. The van der Waals surface area contributed by atoms with Gasteiger partial charge in [0.2, 0.25) is 5.90 Å². The van der Waals surface area contributed by atoms with E-state index in [1.165, 1.54) is 12.1 Å². The molecule has 0 spiro atoms. The number of methoxy groups -OCH3 is 1. The topological polar surface area (TPSA) is 57.1 Å². The SMILES string of the molecule is COc1cc(/C=C2\N=C(c3ccccc3F)OC2=O)cc(I)c1OCc1ccccc1C. The van der Waals surface area contributed by atoms with Crippen LogP contribution in [0.15, 0.2) is 71.4 Å². The van der Waals surface area contributed by atoms with Crippen molar-refractivity contribution < 1.29 is 23.4 Å². The Kier molecular flexibility index (Phi) is 6.55. The summed E-state index contributed by atoms with van der Waals surface area (Å²) in [6, 6.07) is 17.6. The van der Waals surface area contributed by atoms with Crippen LogP contribution in [0.2, 0.25) is 0 Å². The van der Waals surface area contributed by atoms with Gasteiger partial charge >= 0.3 is 5.97 Å². The largest absolute Gasteiger partial charge is 0.493 e. The molecule has 0 amide bonds. The highest BCUT2D eigenvalue weighted by molar-refractivity contribution is 14.1. The first-order chi connectivity index (χ1) is 15.5. The standard InChI is InChI=1S/C25H19FINO4/c1-15-7-3-4-8-17(15)14-31-23-20(27)11-16(13-22(23)30-2)12-21-25(29)32-24(28-21)18-9-5-6-10-19(18)26/h3-13H,14H2,1-2H3/b21-12-. The van der Waals surface area contributed by atoms with Crippen molar-refractivity contribution in [1.29, 1.82) is 0 Å². The average Bonchev–Trinajstić information content (AvgIpc) is 3.14. The first-order valence-corrected chi connectivity index (χ1v) is 10.9. The minimum absolute atomic E-state index is 0.0563. The van der Waals surface area contributed by atoms with Gasteiger partial charge in [0.1, 0.15) is 12.4 Å². The molecule has 0 saturated heterocycles. The van der Waals surface area contributed by atoms with E-state index >= 15 is 0 Å². The molecule has 3 aromatic carbocycles. The third-order valence-electron chi connectivity index (χ3n) is 4.91. The molecule has 0 radical (unpaired) electrons. The fraction of sp³-hybridized carbons (Fsp3) is 0.120. The van der Waals surface area contributed by atoms with Crippen molar-refractivity contribution in [3.05, 3.63) is 98.0 Å². The van der Waals surface area contributed by atoms with Gasteiger partial charge in [-0.25, -0.2) is 14.2 Å². The van der Waals surface area contributed by atoms with Crippen molar-refractivity contribution >= 4 is 40.5 Å². The molecule has 1 aliphatic rings. The van der Waals surface area contributed by atoms with E-state index in [-0.39, 0.29) is 17.2 Å². The predicted octanol–water partition coefficient (Wildman–Crippen LogP) is 5.67. The minimum Gasteiger partial charge on any atom is -0.493 e.